The number of ether oxygens (including phenoxy) is 1. The number of hydrogen-bond donors (Lipinski definition) is 2. The zero-order valence-electron chi connectivity index (χ0n) is 15.2. The lowest BCUT2D eigenvalue weighted by molar-refractivity contribution is 0.0300. The summed E-state index contributed by atoms with van der Waals surface area (Å²) < 4.78 is 7.33. The van der Waals surface area contributed by atoms with Gasteiger partial charge < -0.3 is 15.8 Å². The number of amides is 1. The van der Waals surface area contributed by atoms with Gasteiger partial charge in [-0.25, -0.2) is 4.52 Å². The Labute approximate surface area is 161 Å². The second kappa shape index (κ2) is 7.66. The van der Waals surface area contributed by atoms with Gasteiger partial charge in [0, 0.05) is 24.4 Å². The van der Waals surface area contributed by atoms with Gasteiger partial charge in [0.1, 0.15) is 0 Å². The van der Waals surface area contributed by atoms with Crippen LogP contribution < -0.4 is 11.1 Å². The maximum absolute atomic E-state index is 12.6. The molecule has 3 N–H and O–H groups in total. The van der Waals surface area contributed by atoms with Gasteiger partial charge in [-0.05, 0) is 61.7 Å². The number of nitrogen functional groups attached to an aromatic ring is 1. The first kappa shape index (κ1) is 17.9. The van der Waals surface area contributed by atoms with E-state index in [0.717, 1.165) is 48.3 Å². The van der Waals surface area contributed by atoms with E-state index in [-0.39, 0.29) is 17.9 Å². The Bertz CT molecular complexity index is 943. The summed E-state index contributed by atoms with van der Waals surface area (Å²) in [7, 11) is 0. The van der Waals surface area contributed by atoms with E-state index < -0.39 is 0 Å². The van der Waals surface area contributed by atoms with E-state index in [1.54, 1.807) is 4.52 Å². The number of nitrogens with two attached hydrogens (primary N) is 1. The number of nitrogens with one attached hydrogen (secondary N) is 1. The molecule has 27 heavy (non-hydrogen) atoms. The van der Waals surface area contributed by atoms with Crippen molar-refractivity contribution in [3.8, 4) is 11.1 Å². The number of rotatable bonds is 5. The van der Waals surface area contributed by atoms with Crippen LogP contribution in [0.5, 0.6) is 0 Å². The number of thiophene rings is 1. The van der Waals surface area contributed by atoms with Crippen LogP contribution in [0.1, 0.15) is 42.3 Å². The molecule has 142 valence electrons. The topological polar surface area (TPSA) is 94.5 Å². The molecule has 1 saturated carbocycles. The lowest BCUT2D eigenvalue weighted by Crippen LogP contribution is -2.38. The van der Waals surface area contributed by atoms with Crippen molar-refractivity contribution < 1.29 is 9.53 Å². The Balaban J connectivity index is 1.41. The molecule has 0 radical (unpaired) electrons. The maximum atomic E-state index is 12.6. The molecule has 0 aromatic carbocycles. The third-order valence-electron chi connectivity index (χ3n) is 4.92. The van der Waals surface area contributed by atoms with Gasteiger partial charge in [0.15, 0.2) is 5.65 Å². The van der Waals surface area contributed by atoms with Gasteiger partial charge in [-0.1, -0.05) is 0 Å². The van der Waals surface area contributed by atoms with Gasteiger partial charge in [-0.2, -0.15) is 4.98 Å². The predicted molar refractivity (Wildman–Crippen MR) is 106 cm³/mol. The SMILES string of the molecule is CCO[C@H]1CC[C@H](NC(=O)c2cc(-c3ccc4nc(N)nn4c3)cs2)CC1. The number of hydrogen-bond acceptors (Lipinski definition) is 6. The fourth-order valence-electron chi connectivity index (χ4n) is 3.54. The van der Waals surface area contributed by atoms with Crippen LogP contribution in [-0.4, -0.2) is 39.3 Å². The fraction of sp³-hybridized carbons (Fsp3) is 0.421. The van der Waals surface area contributed by atoms with Crippen molar-refractivity contribution in [2.45, 2.75) is 44.8 Å². The molecule has 0 saturated heterocycles. The lowest BCUT2D eigenvalue weighted by atomic mass is 9.93. The molecule has 3 aromatic rings. The summed E-state index contributed by atoms with van der Waals surface area (Å²) in [5, 5.41) is 9.29. The van der Waals surface area contributed by atoms with Crippen molar-refractivity contribution in [2.24, 2.45) is 0 Å². The zero-order valence-corrected chi connectivity index (χ0v) is 16.0. The average Bonchev–Trinajstić information content (AvgIpc) is 3.28. The van der Waals surface area contributed by atoms with Crippen LogP contribution in [0.4, 0.5) is 5.95 Å². The third kappa shape index (κ3) is 3.96. The van der Waals surface area contributed by atoms with Crippen molar-refractivity contribution in [3.63, 3.8) is 0 Å². The summed E-state index contributed by atoms with van der Waals surface area (Å²) >= 11 is 1.45. The number of aromatic nitrogens is 3. The van der Waals surface area contributed by atoms with Crippen LogP contribution in [0.3, 0.4) is 0 Å². The van der Waals surface area contributed by atoms with Gasteiger partial charge in [0.25, 0.3) is 5.91 Å². The Morgan fingerprint density at radius 3 is 2.93 bits per heavy atom. The first-order chi connectivity index (χ1) is 13.1. The van der Waals surface area contributed by atoms with Gasteiger partial charge in [-0.3, -0.25) is 4.79 Å². The van der Waals surface area contributed by atoms with Crippen LogP contribution in [0.25, 0.3) is 16.8 Å². The summed E-state index contributed by atoms with van der Waals surface area (Å²) in [5.41, 5.74) is 8.30. The zero-order chi connectivity index (χ0) is 18.8. The average molecular weight is 385 g/mol. The van der Waals surface area contributed by atoms with Gasteiger partial charge in [-0.15, -0.1) is 16.4 Å². The number of nitrogens with zero attached hydrogens (tertiary/aromatic N) is 3. The van der Waals surface area contributed by atoms with Gasteiger partial charge in [0.2, 0.25) is 5.95 Å². The molecule has 7 nitrogen and oxygen atoms in total. The molecule has 3 heterocycles. The Kier molecular flexibility index (Phi) is 5.09. The summed E-state index contributed by atoms with van der Waals surface area (Å²) in [4.78, 5) is 17.4. The van der Waals surface area contributed by atoms with Crippen molar-refractivity contribution in [3.05, 3.63) is 34.7 Å². The molecule has 0 spiro atoms. The van der Waals surface area contributed by atoms with E-state index >= 15 is 0 Å². The standard InChI is InChI=1S/C19H23N5O2S/c1-2-26-15-6-4-14(5-7-15)21-18(25)16-9-13(11-27-16)12-3-8-17-22-19(20)23-24(17)10-12/h3,8-11,14-15H,2,4-7H2,1H3,(H2,20,23)(H,21,25)/t14-,15-. The van der Waals surface area contributed by atoms with Crippen LogP contribution in [0, 0.1) is 0 Å². The van der Waals surface area contributed by atoms with E-state index in [0.29, 0.717) is 11.8 Å². The number of fused-ring (bicyclic) bond motifs is 1. The quantitative estimate of drug-likeness (QED) is 0.704. The molecular weight excluding hydrogens is 362 g/mol. The minimum Gasteiger partial charge on any atom is -0.379 e. The molecule has 1 fully saturated rings. The summed E-state index contributed by atoms with van der Waals surface area (Å²) in [6.45, 7) is 2.78. The number of anilines is 1. The van der Waals surface area contributed by atoms with E-state index in [1.807, 2.05) is 36.7 Å². The highest BCUT2D eigenvalue weighted by atomic mass is 32.1. The third-order valence-corrected chi connectivity index (χ3v) is 5.84. The summed E-state index contributed by atoms with van der Waals surface area (Å²) in [5.74, 6) is 0.244. The van der Waals surface area contributed by atoms with Crippen molar-refractivity contribution >= 4 is 28.8 Å². The Hall–Kier alpha value is -2.45. The van der Waals surface area contributed by atoms with Crippen molar-refractivity contribution in [1.29, 1.82) is 0 Å². The van der Waals surface area contributed by atoms with Crippen molar-refractivity contribution in [2.75, 3.05) is 12.3 Å². The second-order valence-corrected chi connectivity index (χ2v) is 7.70. The molecule has 0 atom stereocenters. The van der Waals surface area contributed by atoms with Crippen molar-refractivity contribution in [1.82, 2.24) is 19.9 Å². The molecule has 4 rings (SSSR count). The van der Waals surface area contributed by atoms with Crippen LogP contribution in [-0.2, 0) is 4.74 Å². The molecule has 0 aliphatic heterocycles. The highest BCUT2D eigenvalue weighted by molar-refractivity contribution is 7.12. The van der Waals surface area contributed by atoms with E-state index in [4.69, 9.17) is 10.5 Å². The molecule has 8 heteroatoms. The number of pyridine rings is 1. The fourth-order valence-corrected chi connectivity index (χ4v) is 4.36. The monoisotopic (exact) mass is 385 g/mol. The molecular formula is C19H23N5O2S. The molecule has 0 unspecified atom stereocenters. The Morgan fingerprint density at radius 2 is 2.15 bits per heavy atom. The molecule has 3 aromatic heterocycles. The minimum atomic E-state index is -0.00260. The second-order valence-electron chi connectivity index (χ2n) is 6.79. The smallest absolute Gasteiger partial charge is 0.261 e. The molecule has 1 amide bonds. The van der Waals surface area contributed by atoms with E-state index in [2.05, 4.69) is 15.4 Å². The van der Waals surface area contributed by atoms with Gasteiger partial charge >= 0.3 is 0 Å². The number of carbonyl (C=O) groups is 1. The maximum Gasteiger partial charge on any atom is 0.261 e. The van der Waals surface area contributed by atoms with Crippen LogP contribution in [0.2, 0.25) is 0 Å². The van der Waals surface area contributed by atoms with Gasteiger partial charge in [0.05, 0.1) is 11.0 Å². The first-order valence-electron chi connectivity index (χ1n) is 9.25. The number of carbonyl (C=O) groups excluding carboxylic acids is 1. The molecule has 1 aliphatic rings. The Morgan fingerprint density at radius 1 is 1.33 bits per heavy atom. The minimum absolute atomic E-state index is 0.00260. The first-order valence-corrected chi connectivity index (χ1v) is 10.1. The van der Waals surface area contributed by atoms with Crippen LogP contribution in [0.15, 0.2) is 29.8 Å². The molecule has 1 aliphatic carbocycles. The summed E-state index contributed by atoms with van der Waals surface area (Å²) in [6, 6.07) is 5.98. The van der Waals surface area contributed by atoms with E-state index in [1.165, 1.54) is 11.3 Å². The predicted octanol–water partition coefficient (Wildman–Crippen LogP) is 3.12. The summed E-state index contributed by atoms with van der Waals surface area (Å²) in [6.07, 6.45) is 6.18. The molecule has 0 bridgehead atoms. The normalized spacial score (nSPS) is 20.0. The van der Waals surface area contributed by atoms with Crippen LogP contribution >= 0.6 is 11.3 Å². The highest BCUT2D eigenvalue weighted by Gasteiger charge is 2.23. The highest BCUT2D eigenvalue weighted by Crippen LogP contribution is 2.27. The largest absolute Gasteiger partial charge is 0.379 e. The van der Waals surface area contributed by atoms with E-state index in [9.17, 15) is 4.79 Å². The lowest BCUT2D eigenvalue weighted by Gasteiger charge is -2.28.